The van der Waals surface area contributed by atoms with Gasteiger partial charge in [0.1, 0.15) is 12.2 Å². The first-order valence-electron chi connectivity index (χ1n) is 10.3. The molecule has 0 rings (SSSR count). The van der Waals surface area contributed by atoms with Gasteiger partial charge in [-0.2, -0.15) is 0 Å². The second kappa shape index (κ2) is 15.2. The minimum absolute atomic E-state index is 0.0441. The van der Waals surface area contributed by atoms with Crippen molar-refractivity contribution in [2.75, 3.05) is 7.11 Å². The molecule has 0 aliphatic carbocycles. The maximum atomic E-state index is 11.8. The van der Waals surface area contributed by atoms with E-state index in [1.165, 1.54) is 27.9 Å². The molecule has 31 heavy (non-hydrogen) atoms. The van der Waals surface area contributed by atoms with E-state index in [1.807, 2.05) is 6.92 Å². The molecule has 0 fully saturated rings. The average molecular weight is 446 g/mol. The number of rotatable bonds is 14. The van der Waals surface area contributed by atoms with E-state index in [9.17, 15) is 24.0 Å². The summed E-state index contributed by atoms with van der Waals surface area (Å²) < 4.78 is 26.1. The summed E-state index contributed by atoms with van der Waals surface area (Å²) in [6.45, 7) is 6.65. The van der Waals surface area contributed by atoms with E-state index < -0.39 is 54.3 Å². The lowest BCUT2D eigenvalue weighted by molar-refractivity contribution is -0.199. The number of hydrogen-bond donors (Lipinski definition) is 0. The Morgan fingerprint density at radius 2 is 1.03 bits per heavy atom. The van der Waals surface area contributed by atoms with Crippen LogP contribution in [0, 0.1) is 0 Å². The van der Waals surface area contributed by atoms with Gasteiger partial charge in [-0.05, 0) is 25.7 Å². The van der Waals surface area contributed by atoms with Crippen LogP contribution in [-0.2, 0) is 47.7 Å². The highest BCUT2D eigenvalue weighted by Crippen LogP contribution is 2.25. The zero-order chi connectivity index (χ0) is 24.0. The summed E-state index contributed by atoms with van der Waals surface area (Å²) in [5, 5.41) is 0. The molecule has 10 heteroatoms. The lowest BCUT2D eigenvalue weighted by atomic mass is 9.95. The van der Waals surface area contributed by atoms with Crippen molar-refractivity contribution in [3.63, 3.8) is 0 Å². The highest BCUT2D eigenvalue weighted by atomic mass is 16.6. The highest BCUT2D eigenvalue weighted by Gasteiger charge is 2.42. The van der Waals surface area contributed by atoms with E-state index >= 15 is 0 Å². The van der Waals surface area contributed by atoms with Crippen molar-refractivity contribution < 1.29 is 47.7 Å². The maximum Gasteiger partial charge on any atom is 0.305 e. The Hall–Kier alpha value is -2.65. The summed E-state index contributed by atoms with van der Waals surface area (Å²) >= 11 is 0. The lowest BCUT2D eigenvalue weighted by Gasteiger charge is -2.35. The van der Waals surface area contributed by atoms with E-state index in [0.717, 1.165) is 13.3 Å². The molecule has 0 aromatic rings. The van der Waals surface area contributed by atoms with Crippen molar-refractivity contribution in [3.05, 3.63) is 0 Å². The molecule has 0 aliphatic heterocycles. The fourth-order valence-electron chi connectivity index (χ4n) is 3.05. The van der Waals surface area contributed by atoms with Crippen LogP contribution in [0.1, 0.15) is 73.1 Å². The largest absolute Gasteiger partial charge is 0.469 e. The minimum atomic E-state index is -1.25. The van der Waals surface area contributed by atoms with Gasteiger partial charge in [0.25, 0.3) is 0 Å². The van der Waals surface area contributed by atoms with Crippen molar-refractivity contribution >= 4 is 29.8 Å². The fraction of sp³-hybridized carbons (Fsp3) is 0.762. The Labute approximate surface area is 182 Å². The molecule has 4 atom stereocenters. The Morgan fingerprint density at radius 3 is 1.35 bits per heavy atom. The first-order valence-corrected chi connectivity index (χ1v) is 10.3. The van der Waals surface area contributed by atoms with E-state index in [0.29, 0.717) is 12.8 Å². The summed E-state index contributed by atoms with van der Waals surface area (Å²) in [6, 6.07) is 0. The van der Waals surface area contributed by atoms with Crippen LogP contribution < -0.4 is 0 Å². The number of unbranched alkanes of at least 4 members (excludes halogenated alkanes) is 1. The Morgan fingerprint density at radius 1 is 0.645 bits per heavy atom. The fourth-order valence-corrected chi connectivity index (χ4v) is 3.05. The molecule has 0 radical (unpaired) electrons. The van der Waals surface area contributed by atoms with Gasteiger partial charge in [0.15, 0.2) is 12.2 Å². The number of hydrogen-bond acceptors (Lipinski definition) is 10. The minimum Gasteiger partial charge on any atom is -0.469 e. The molecule has 0 heterocycles. The molecule has 0 aromatic heterocycles. The molecular formula is C21H34O10. The molecule has 10 nitrogen and oxygen atoms in total. The van der Waals surface area contributed by atoms with Gasteiger partial charge in [0.2, 0.25) is 0 Å². The number of ether oxygens (including phenoxy) is 5. The van der Waals surface area contributed by atoms with Crippen molar-refractivity contribution in [1.29, 1.82) is 0 Å². The predicted octanol–water partition coefficient (Wildman–Crippen LogP) is 2.25. The van der Waals surface area contributed by atoms with Crippen LogP contribution in [0.4, 0.5) is 0 Å². The second-order valence-corrected chi connectivity index (χ2v) is 7.05. The molecule has 0 bridgehead atoms. The summed E-state index contributed by atoms with van der Waals surface area (Å²) in [4.78, 5) is 58.5. The Bertz CT molecular complexity index is 615. The third kappa shape index (κ3) is 12.6. The standard InChI is InChI=1S/C21H34O10/c1-7-8-10-17(28-13(2)22)20(30-15(4)24)21(31-16(5)25)18(29-14(3)23)11-9-12-19(26)27-6/h17-18,20-21H,7-12H2,1-6H3/t17-,18+,20+,21+/m0/s1. The van der Waals surface area contributed by atoms with E-state index in [4.69, 9.17) is 18.9 Å². The van der Waals surface area contributed by atoms with Crippen molar-refractivity contribution in [3.8, 4) is 0 Å². The van der Waals surface area contributed by atoms with Crippen LogP contribution in [0.25, 0.3) is 0 Å². The maximum absolute atomic E-state index is 11.8. The Kier molecular flexibility index (Phi) is 13.9. The van der Waals surface area contributed by atoms with Gasteiger partial charge in [-0.25, -0.2) is 0 Å². The summed E-state index contributed by atoms with van der Waals surface area (Å²) in [5.41, 5.74) is 0. The summed E-state index contributed by atoms with van der Waals surface area (Å²) in [6.07, 6.45) is -2.27. The molecular weight excluding hydrogens is 412 g/mol. The monoisotopic (exact) mass is 446 g/mol. The summed E-state index contributed by atoms with van der Waals surface area (Å²) in [5.74, 6) is -3.10. The molecule has 0 aliphatic rings. The molecule has 0 saturated heterocycles. The van der Waals surface area contributed by atoms with Crippen molar-refractivity contribution in [2.45, 2.75) is 97.6 Å². The van der Waals surface area contributed by atoms with Gasteiger partial charge < -0.3 is 23.7 Å². The van der Waals surface area contributed by atoms with Crippen LogP contribution in [0.3, 0.4) is 0 Å². The van der Waals surface area contributed by atoms with Gasteiger partial charge >= 0.3 is 29.8 Å². The molecule has 0 saturated carbocycles. The highest BCUT2D eigenvalue weighted by molar-refractivity contribution is 5.69. The van der Waals surface area contributed by atoms with Crippen molar-refractivity contribution in [1.82, 2.24) is 0 Å². The predicted molar refractivity (Wildman–Crippen MR) is 108 cm³/mol. The molecule has 0 unspecified atom stereocenters. The lowest BCUT2D eigenvalue weighted by Crippen LogP contribution is -2.51. The Balaban J connectivity index is 6.03. The van der Waals surface area contributed by atoms with Crippen LogP contribution >= 0.6 is 0 Å². The van der Waals surface area contributed by atoms with Crippen LogP contribution in [-0.4, -0.2) is 61.4 Å². The second-order valence-electron chi connectivity index (χ2n) is 7.05. The first kappa shape index (κ1) is 28.4. The zero-order valence-corrected chi connectivity index (χ0v) is 19.1. The number of carbonyl (C=O) groups is 5. The average Bonchev–Trinajstić information content (AvgIpc) is 2.65. The van der Waals surface area contributed by atoms with Gasteiger partial charge in [0, 0.05) is 34.1 Å². The normalized spacial score (nSPS) is 14.4. The van der Waals surface area contributed by atoms with Crippen LogP contribution in [0.5, 0.6) is 0 Å². The van der Waals surface area contributed by atoms with Crippen LogP contribution in [0.15, 0.2) is 0 Å². The number of carbonyl (C=O) groups excluding carboxylic acids is 5. The SMILES string of the molecule is CCCC[C@H](OC(C)=O)[C@@H](OC(C)=O)[C@H](OC(C)=O)[C@@H](CCCC(=O)OC)OC(C)=O. The first-order chi connectivity index (χ1) is 14.5. The third-order valence-electron chi connectivity index (χ3n) is 4.23. The zero-order valence-electron chi connectivity index (χ0n) is 19.1. The van der Waals surface area contributed by atoms with E-state index in [1.54, 1.807) is 0 Å². The van der Waals surface area contributed by atoms with Gasteiger partial charge in [-0.15, -0.1) is 0 Å². The quantitative estimate of drug-likeness (QED) is 0.289. The molecule has 178 valence electrons. The van der Waals surface area contributed by atoms with Gasteiger partial charge in [0.05, 0.1) is 7.11 Å². The van der Waals surface area contributed by atoms with Gasteiger partial charge in [-0.1, -0.05) is 13.3 Å². The molecule has 0 N–H and O–H groups in total. The smallest absolute Gasteiger partial charge is 0.305 e. The molecule has 0 spiro atoms. The van der Waals surface area contributed by atoms with E-state index in [2.05, 4.69) is 4.74 Å². The van der Waals surface area contributed by atoms with Crippen molar-refractivity contribution in [2.24, 2.45) is 0 Å². The number of methoxy groups -OCH3 is 1. The molecule has 0 amide bonds. The molecule has 0 aromatic carbocycles. The topological polar surface area (TPSA) is 132 Å². The van der Waals surface area contributed by atoms with Crippen LogP contribution in [0.2, 0.25) is 0 Å². The number of esters is 5. The van der Waals surface area contributed by atoms with Gasteiger partial charge in [-0.3, -0.25) is 24.0 Å². The van der Waals surface area contributed by atoms with E-state index in [-0.39, 0.29) is 19.3 Å². The summed E-state index contributed by atoms with van der Waals surface area (Å²) in [7, 11) is 1.25. The third-order valence-corrected chi connectivity index (χ3v) is 4.23.